The van der Waals surface area contributed by atoms with Crippen LogP contribution >= 0.6 is 0 Å². The van der Waals surface area contributed by atoms with Gasteiger partial charge in [-0.2, -0.15) is 0 Å². The first-order valence-electron chi connectivity index (χ1n) is 15.7. The number of rotatable bonds is 7. The van der Waals surface area contributed by atoms with Gasteiger partial charge >= 0.3 is 6.09 Å². The predicted octanol–water partition coefficient (Wildman–Crippen LogP) is 7.66. The number of nitrogens with zero attached hydrogens (tertiary/aromatic N) is 4. The molecule has 2 aromatic heterocycles. The summed E-state index contributed by atoms with van der Waals surface area (Å²) >= 11 is 0. The van der Waals surface area contributed by atoms with E-state index in [4.69, 9.17) is 14.2 Å². The number of hydrogen-bond donors (Lipinski definition) is 1. The van der Waals surface area contributed by atoms with E-state index in [1.54, 1.807) is 62.1 Å². The number of amides is 2. The average Bonchev–Trinajstić information content (AvgIpc) is 3.61. The Morgan fingerprint density at radius 2 is 1.73 bits per heavy atom. The van der Waals surface area contributed by atoms with Gasteiger partial charge in [0.15, 0.2) is 0 Å². The van der Waals surface area contributed by atoms with E-state index in [0.717, 1.165) is 23.3 Å². The zero-order valence-electron chi connectivity index (χ0n) is 28.1. The van der Waals surface area contributed by atoms with Crippen LogP contribution in [-0.4, -0.2) is 53.2 Å². The Labute approximate surface area is 278 Å². The molecule has 0 saturated carbocycles. The van der Waals surface area contributed by atoms with Crippen LogP contribution in [0, 0.1) is 11.6 Å². The molecule has 0 unspecified atom stereocenters. The largest absolute Gasteiger partial charge is 0.497 e. The van der Waals surface area contributed by atoms with Crippen LogP contribution in [0.2, 0.25) is 0 Å². The zero-order valence-corrected chi connectivity index (χ0v) is 28.1. The van der Waals surface area contributed by atoms with Crippen molar-refractivity contribution in [3.8, 4) is 22.8 Å². The van der Waals surface area contributed by atoms with Gasteiger partial charge in [0.2, 0.25) is 0 Å². The predicted molar refractivity (Wildman–Crippen MR) is 179 cm³/mol. The molecule has 0 saturated heterocycles. The summed E-state index contributed by atoms with van der Waals surface area (Å²) in [4.78, 5) is 39.1. The van der Waals surface area contributed by atoms with Gasteiger partial charge in [-0.25, -0.2) is 23.5 Å². The highest BCUT2D eigenvalue weighted by molar-refractivity contribution is 6.04. The molecule has 2 aromatic carbocycles. The highest BCUT2D eigenvalue weighted by atomic mass is 19.1. The Morgan fingerprint density at radius 3 is 2.40 bits per heavy atom. The molecule has 252 valence electrons. The van der Waals surface area contributed by atoms with Crippen molar-refractivity contribution in [2.45, 2.75) is 59.7 Å². The maximum Gasteiger partial charge on any atom is 0.414 e. The zero-order chi connectivity index (χ0) is 34.7. The molecule has 4 heterocycles. The summed E-state index contributed by atoms with van der Waals surface area (Å²) < 4.78 is 46.3. The molecular weight excluding hydrogens is 620 g/mol. The van der Waals surface area contributed by atoms with E-state index in [0.29, 0.717) is 41.7 Å². The maximum atomic E-state index is 15.0. The molecule has 0 bridgehead atoms. The molecule has 0 fully saturated rings. The minimum absolute atomic E-state index is 0.0186. The molecule has 1 N–H and O–H groups in total. The van der Waals surface area contributed by atoms with E-state index in [1.165, 1.54) is 19.2 Å². The van der Waals surface area contributed by atoms with Crippen LogP contribution in [0.1, 0.15) is 61.8 Å². The van der Waals surface area contributed by atoms with Crippen molar-refractivity contribution in [1.29, 1.82) is 0 Å². The number of nitrogens with one attached hydrogen (secondary N) is 1. The van der Waals surface area contributed by atoms with Crippen LogP contribution in [0.15, 0.2) is 54.7 Å². The number of fused-ring (bicyclic) bond motifs is 2. The first-order chi connectivity index (χ1) is 23.0. The topological polar surface area (TPSA) is 106 Å². The Hall–Kier alpha value is -5.26. The second kappa shape index (κ2) is 13.8. The molecule has 0 aliphatic carbocycles. The number of pyridine rings is 2. The van der Waals surface area contributed by atoms with Gasteiger partial charge in [0.25, 0.3) is 5.91 Å². The van der Waals surface area contributed by atoms with Gasteiger partial charge < -0.3 is 24.4 Å². The third kappa shape index (κ3) is 6.87. The number of anilines is 3. The lowest BCUT2D eigenvalue weighted by molar-refractivity contribution is 0.0583. The monoisotopic (exact) mass is 659 g/mol. The first kappa shape index (κ1) is 34.1. The second-order valence-corrected chi connectivity index (χ2v) is 12.0. The molecule has 4 aromatic rings. The summed E-state index contributed by atoms with van der Waals surface area (Å²) in [5.41, 5.74) is 2.12. The Bertz CT molecular complexity index is 1840. The molecule has 10 nitrogen and oxygen atoms in total. The number of carbonyl (C=O) groups excluding carboxylic acids is 2. The number of ether oxygens (including phenoxy) is 3. The number of aromatic nitrogens is 2. The minimum Gasteiger partial charge on any atom is -0.497 e. The summed E-state index contributed by atoms with van der Waals surface area (Å²) in [6.07, 6.45) is 1.78. The van der Waals surface area contributed by atoms with E-state index in [-0.39, 0.29) is 41.5 Å². The van der Waals surface area contributed by atoms with Crippen molar-refractivity contribution >= 4 is 29.2 Å². The smallest absolute Gasteiger partial charge is 0.414 e. The normalized spacial score (nSPS) is 13.4. The highest BCUT2D eigenvalue weighted by Crippen LogP contribution is 2.38. The Morgan fingerprint density at radius 1 is 1.00 bits per heavy atom. The average molecular weight is 660 g/mol. The molecule has 0 radical (unpaired) electrons. The van der Waals surface area contributed by atoms with Gasteiger partial charge in [0.05, 0.1) is 61.2 Å². The SMILES string of the molecule is CC.COc1ccc(CN2Cc3nc(-c4c(F)cccc4F)cc(Nc4cc5c(cn4)CCN5C(=O)OC(C)(C)C)c3C2=O)c(OC)c1. The molecule has 0 spiro atoms. The quantitative estimate of drug-likeness (QED) is 0.216. The van der Waals surface area contributed by atoms with Gasteiger partial charge in [0, 0.05) is 30.4 Å². The number of carbonyl (C=O) groups is 2. The minimum atomic E-state index is -0.786. The van der Waals surface area contributed by atoms with E-state index >= 15 is 0 Å². The van der Waals surface area contributed by atoms with Crippen LogP contribution in [0.5, 0.6) is 11.5 Å². The fourth-order valence-corrected chi connectivity index (χ4v) is 5.63. The third-order valence-corrected chi connectivity index (χ3v) is 7.74. The first-order valence-corrected chi connectivity index (χ1v) is 15.7. The van der Waals surface area contributed by atoms with E-state index < -0.39 is 23.3 Å². The van der Waals surface area contributed by atoms with Gasteiger partial charge in [-0.1, -0.05) is 19.9 Å². The van der Waals surface area contributed by atoms with E-state index in [1.807, 2.05) is 19.9 Å². The van der Waals surface area contributed by atoms with Gasteiger partial charge in [0.1, 0.15) is 34.6 Å². The van der Waals surface area contributed by atoms with Crippen molar-refractivity contribution < 1.29 is 32.6 Å². The molecule has 2 amide bonds. The lowest BCUT2D eigenvalue weighted by Gasteiger charge is -2.25. The number of hydrogen-bond acceptors (Lipinski definition) is 8. The van der Waals surface area contributed by atoms with Crippen molar-refractivity contribution in [1.82, 2.24) is 14.9 Å². The Balaban J connectivity index is 0.00000221. The molecule has 0 atom stereocenters. The number of methoxy groups -OCH3 is 2. The van der Waals surface area contributed by atoms with Crippen molar-refractivity contribution in [3.63, 3.8) is 0 Å². The lowest BCUT2D eigenvalue weighted by atomic mass is 10.1. The summed E-state index contributed by atoms with van der Waals surface area (Å²) in [5, 5.41) is 3.18. The molecule has 48 heavy (non-hydrogen) atoms. The standard InChI is InChI=1S/C34H33F2N5O5.C2H6/c1-34(2,3)46-33(43)41-12-11-19-16-37-29(15-27(19)41)39-25-14-24(30-22(35)7-6-8-23(30)36)38-26-18-40(32(42)31(25)26)17-20-9-10-21(44-4)13-28(20)45-5;1-2/h6-10,13-16H,11-12,17-18H2,1-5H3,(H,37,38,39);1-2H3. The molecule has 2 aliphatic rings. The van der Waals surface area contributed by atoms with Gasteiger partial charge in [-0.05, 0) is 63.1 Å². The van der Waals surface area contributed by atoms with Crippen LogP contribution in [0.3, 0.4) is 0 Å². The van der Waals surface area contributed by atoms with E-state index in [2.05, 4.69) is 15.3 Å². The van der Waals surface area contributed by atoms with Crippen LogP contribution in [0.4, 0.5) is 30.8 Å². The molecule has 12 heteroatoms. The number of benzene rings is 2. The van der Waals surface area contributed by atoms with Crippen LogP contribution in [-0.2, 0) is 24.2 Å². The van der Waals surface area contributed by atoms with Gasteiger partial charge in [-0.3, -0.25) is 9.69 Å². The molecular formula is C36H39F2N5O5. The maximum absolute atomic E-state index is 15.0. The van der Waals surface area contributed by atoms with Crippen LogP contribution in [0.25, 0.3) is 11.3 Å². The molecule has 2 aliphatic heterocycles. The second-order valence-electron chi connectivity index (χ2n) is 12.0. The Kier molecular flexibility index (Phi) is 9.83. The fraction of sp³-hybridized carbons (Fsp3) is 0.333. The lowest BCUT2D eigenvalue weighted by Crippen LogP contribution is -2.35. The molecule has 6 rings (SSSR count). The summed E-state index contributed by atoms with van der Waals surface area (Å²) in [6.45, 7) is 10.1. The summed E-state index contributed by atoms with van der Waals surface area (Å²) in [7, 11) is 3.08. The summed E-state index contributed by atoms with van der Waals surface area (Å²) in [5.74, 6) is -0.433. The van der Waals surface area contributed by atoms with Gasteiger partial charge in [-0.15, -0.1) is 0 Å². The van der Waals surface area contributed by atoms with Crippen molar-refractivity contribution in [2.24, 2.45) is 0 Å². The van der Waals surface area contributed by atoms with Crippen LogP contribution < -0.4 is 19.7 Å². The highest BCUT2D eigenvalue weighted by Gasteiger charge is 2.34. The summed E-state index contributed by atoms with van der Waals surface area (Å²) in [6, 6.07) is 12.0. The number of halogens is 2. The van der Waals surface area contributed by atoms with E-state index in [9.17, 15) is 18.4 Å². The van der Waals surface area contributed by atoms with Crippen molar-refractivity contribution in [3.05, 3.63) is 88.7 Å². The third-order valence-electron chi connectivity index (χ3n) is 7.74. The fourth-order valence-electron chi connectivity index (χ4n) is 5.63. The van der Waals surface area contributed by atoms with Crippen molar-refractivity contribution in [2.75, 3.05) is 31.0 Å².